The number of rotatable bonds is 6. The van der Waals surface area contributed by atoms with Crippen LogP contribution in [0.4, 0.5) is 5.69 Å². The molecule has 0 aliphatic heterocycles. The molecule has 0 saturated heterocycles. The van der Waals surface area contributed by atoms with Gasteiger partial charge in [0.15, 0.2) is 0 Å². The van der Waals surface area contributed by atoms with Gasteiger partial charge in [-0.25, -0.2) is 0 Å². The number of halogens is 1. The summed E-state index contributed by atoms with van der Waals surface area (Å²) in [6.45, 7) is 4.87. The van der Waals surface area contributed by atoms with Gasteiger partial charge in [0.1, 0.15) is 0 Å². The molecule has 1 rings (SSSR count). The summed E-state index contributed by atoms with van der Waals surface area (Å²) in [4.78, 5) is 13.9. The van der Waals surface area contributed by atoms with Crippen molar-refractivity contribution in [1.29, 1.82) is 5.26 Å². The summed E-state index contributed by atoms with van der Waals surface area (Å²) in [7, 11) is 0. The van der Waals surface area contributed by atoms with Gasteiger partial charge in [-0.2, -0.15) is 5.26 Å². The second kappa shape index (κ2) is 7.78. The summed E-state index contributed by atoms with van der Waals surface area (Å²) >= 11 is 5.86. The minimum atomic E-state index is -0.103. The van der Waals surface area contributed by atoms with Gasteiger partial charge in [-0.15, -0.1) is 0 Å². The summed E-state index contributed by atoms with van der Waals surface area (Å²) < 4.78 is 0. The number of carbonyl (C=O) groups excluding carboxylic acids is 1. The highest BCUT2D eigenvalue weighted by molar-refractivity contribution is 6.30. The Bertz CT molecular complexity index is 468. The van der Waals surface area contributed by atoms with E-state index >= 15 is 0 Å². The first kappa shape index (κ1) is 15.5. The highest BCUT2D eigenvalue weighted by Crippen LogP contribution is 2.14. The Labute approximate surface area is 119 Å². The normalized spacial score (nSPS) is 10.5. The number of carbonyl (C=O) groups is 1. The largest absolute Gasteiger partial charge is 0.325 e. The molecule has 1 aromatic carbocycles. The van der Waals surface area contributed by atoms with E-state index in [1.54, 1.807) is 24.3 Å². The van der Waals surface area contributed by atoms with Gasteiger partial charge >= 0.3 is 0 Å². The molecule has 0 aliphatic rings. The van der Waals surface area contributed by atoms with Crippen LogP contribution in [0, 0.1) is 11.3 Å². The molecule has 0 bridgehead atoms. The maximum absolute atomic E-state index is 11.9. The zero-order valence-corrected chi connectivity index (χ0v) is 11.9. The van der Waals surface area contributed by atoms with Crippen LogP contribution in [0.1, 0.15) is 20.3 Å². The summed E-state index contributed by atoms with van der Waals surface area (Å²) in [6.07, 6.45) is 0.419. The number of nitrogens with one attached hydrogen (secondary N) is 1. The van der Waals surface area contributed by atoms with Crippen LogP contribution in [0.3, 0.4) is 0 Å². The maximum atomic E-state index is 11.9. The number of nitriles is 1. The van der Waals surface area contributed by atoms with Gasteiger partial charge in [-0.05, 0) is 32.0 Å². The van der Waals surface area contributed by atoms with Crippen molar-refractivity contribution >= 4 is 23.2 Å². The fourth-order valence-corrected chi connectivity index (χ4v) is 1.85. The Kier molecular flexibility index (Phi) is 6.34. The van der Waals surface area contributed by atoms with Gasteiger partial charge in [0, 0.05) is 29.7 Å². The Balaban J connectivity index is 2.55. The minimum Gasteiger partial charge on any atom is -0.325 e. The molecule has 102 valence electrons. The molecular formula is C14H18ClN3O. The molecule has 0 aromatic heterocycles. The van der Waals surface area contributed by atoms with Crippen LogP contribution < -0.4 is 5.32 Å². The minimum absolute atomic E-state index is 0.103. The van der Waals surface area contributed by atoms with Gasteiger partial charge in [0.25, 0.3) is 0 Å². The second-order valence-electron chi connectivity index (χ2n) is 4.53. The Morgan fingerprint density at radius 3 is 2.84 bits per heavy atom. The quantitative estimate of drug-likeness (QED) is 0.871. The summed E-state index contributed by atoms with van der Waals surface area (Å²) in [5, 5.41) is 12.0. The van der Waals surface area contributed by atoms with Crippen LogP contribution in [-0.4, -0.2) is 29.9 Å². The van der Waals surface area contributed by atoms with Crippen molar-refractivity contribution in [2.45, 2.75) is 26.3 Å². The predicted octanol–water partition coefficient (Wildman–Crippen LogP) is 2.90. The van der Waals surface area contributed by atoms with E-state index in [9.17, 15) is 4.79 Å². The van der Waals surface area contributed by atoms with Gasteiger partial charge in [0.2, 0.25) is 5.91 Å². The Hall–Kier alpha value is -1.57. The predicted molar refractivity (Wildman–Crippen MR) is 77.0 cm³/mol. The first-order valence-electron chi connectivity index (χ1n) is 6.19. The van der Waals surface area contributed by atoms with Crippen molar-refractivity contribution < 1.29 is 4.79 Å². The monoisotopic (exact) mass is 279 g/mol. The van der Waals surface area contributed by atoms with E-state index in [0.29, 0.717) is 23.7 Å². The van der Waals surface area contributed by atoms with Crippen LogP contribution in [0.5, 0.6) is 0 Å². The molecule has 19 heavy (non-hydrogen) atoms. The molecule has 4 nitrogen and oxygen atoms in total. The standard InChI is InChI=1S/C14H18ClN3O/c1-11(2)18(8-4-7-16)10-14(19)17-13-6-3-5-12(15)9-13/h3,5-6,9,11H,4,8,10H2,1-2H3,(H,17,19). The molecule has 0 atom stereocenters. The van der Waals surface area contributed by atoms with E-state index in [-0.39, 0.29) is 18.5 Å². The fraction of sp³-hybridized carbons (Fsp3) is 0.429. The second-order valence-corrected chi connectivity index (χ2v) is 4.97. The molecule has 1 aromatic rings. The lowest BCUT2D eigenvalue weighted by molar-refractivity contribution is -0.117. The highest BCUT2D eigenvalue weighted by atomic mass is 35.5. The van der Waals surface area contributed by atoms with E-state index in [4.69, 9.17) is 16.9 Å². The molecule has 0 aliphatic carbocycles. The zero-order chi connectivity index (χ0) is 14.3. The number of amides is 1. The average Bonchev–Trinajstić information content (AvgIpc) is 2.34. The molecule has 0 unspecified atom stereocenters. The van der Waals surface area contributed by atoms with Gasteiger partial charge in [-0.3, -0.25) is 9.69 Å². The molecule has 0 fully saturated rings. The van der Waals surface area contributed by atoms with E-state index in [0.717, 1.165) is 0 Å². The Morgan fingerprint density at radius 2 is 2.26 bits per heavy atom. The number of benzene rings is 1. The molecule has 0 heterocycles. The fourth-order valence-electron chi connectivity index (χ4n) is 1.66. The molecular weight excluding hydrogens is 262 g/mol. The topological polar surface area (TPSA) is 56.1 Å². The van der Waals surface area contributed by atoms with E-state index in [1.165, 1.54) is 0 Å². The maximum Gasteiger partial charge on any atom is 0.238 e. The van der Waals surface area contributed by atoms with Crippen LogP contribution >= 0.6 is 11.6 Å². The summed E-state index contributed by atoms with van der Waals surface area (Å²) in [6, 6.07) is 9.35. The summed E-state index contributed by atoms with van der Waals surface area (Å²) in [5.74, 6) is -0.103. The molecule has 1 N–H and O–H groups in total. The smallest absolute Gasteiger partial charge is 0.238 e. The zero-order valence-electron chi connectivity index (χ0n) is 11.2. The van der Waals surface area contributed by atoms with Gasteiger partial charge in [0.05, 0.1) is 12.6 Å². The van der Waals surface area contributed by atoms with Crippen molar-refractivity contribution in [2.75, 3.05) is 18.4 Å². The summed E-state index contributed by atoms with van der Waals surface area (Å²) in [5.41, 5.74) is 0.682. The molecule has 5 heteroatoms. The molecule has 0 spiro atoms. The van der Waals surface area contributed by atoms with E-state index in [2.05, 4.69) is 11.4 Å². The van der Waals surface area contributed by atoms with Crippen LogP contribution in [0.25, 0.3) is 0 Å². The van der Waals surface area contributed by atoms with Crippen LogP contribution in [-0.2, 0) is 4.79 Å². The van der Waals surface area contributed by atoms with Gasteiger partial charge < -0.3 is 5.32 Å². The van der Waals surface area contributed by atoms with Gasteiger partial charge in [-0.1, -0.05) is 17.7 Å². The van der Waals surface area contributed by atoms with Crippen molar-refractivity contribution in [2.24, 2.45) is 0 Å². The van der Waals surface area contributed by atoms with Crippen molar-refractivity contribution in [1.82, 2.24) is 4.90 Å². The van der Waals surface area contributed by atoms with Crippen LogP contribution in [0.15, 0.2) is 24.3 Å². The molecule has 0 saturated carbocycles. The number of anilines is 1. The lowest BCUT2D eigenvalue weighted by Crippen LogP contribution is -2.38. The lowest BCUT2D eigenvalue weighted by atomic mass is 10.2. The number of hydrogen-bond donors (Lipinski definition) is 1. The Morgan fingerprint density at radius 1 is 1.53 bits per heavy atom. The first-order chi connectivity index (χ1) is 9.02. The SMILES string of the molecule is CC(C)N(CCC#N)CC(=O)Nc1cccc(Cl)c1. The molecule has 1 amide bonds. The van der Waals surface area contributed by atoms with Crippen molar-refractivity contribution in [3.8, 4) is 6.07 Å². The highest BCUT2D eigenvalue weighted by Gasteiger charge is 2.13. The first-order valence-corrected chi connectivity index (χ1v) is 6.57. The molecule has 0 radical (unpaired) electrons. The van der Waals surface area contributed by atoms with Crippen molar-refractivity contribution in [3.05, 3.63) is 29.3 Å². The van der Waals surface area contributed by atoms with E-state index < -0.39 is 0 Å². The lowest BCUT2D eigenvalue weighted by Gasteiger charge is -2.24. The third-order valence-corrected chi connectivity index (χ3v) is 2.93. The third-order valence-electron chi connectivity index (χ3n) is 2.70. The third kappa shape index (κ3) is 5.73. The number of hydrogen-bond acceptors (Lipinski definition) is 3. The van der Waals surface area contributed by atoms with E-state index in [1.807, 2.05) is 18.7 Å². The van der Waals surface area contributed by atoms with Crippen molar-refractivity contribution in [3.63, 3.8) is 0 Å². The number of nitrogens with zero attached hydrogens (tertiary/aromatic N) is 2. The average molecular weight is 280 g/mol. The van der Waals surface area contributed by atoms with Crippen LogP contribution in [0.2, 0.25) is 5.02 Å².